The third kappa shape index (κ3) is 3.80. The number of hydrogen-bond donors (Lipinski definition) is 1. The predicted octanol–water partition coefficient (Wildman–Crippen LogP) is 1.74. The molecular weight excluding hydrogens is 250 g/mol. The molecule has 1 aromatic carbocycles. The lowest BCUT2D eigenvalue weighted by Crippen LogP contribution is -2.35. The first-order chi connectivity index (χ1) is 8.40. The maximum atomic E-state index is 12.2. The zero-order valence-electron chi connectivity index (χ0n) is 11.1. The lowest BCUT2D eigenvalue weighted by molar-refractivity contribution is 0.281. The molecule has 0 aliphatic rings. The molecule has 1 unspecified atom stereocenters. The van der Waals surface area contributed by atoms with Crippen molar-refractivity contribution in [1.82, 2.24) is 4.31 Å². The minimum absolute atomic E-state index is 0.00368. The quantitative estimate of drug-likeness (QED) is 0.857. The van der Waals surface area contributed by atoms with Crippen LogP contribution in [0.15, 0.2) is 24.3 Å². The standard InChI is InChI=1S/C13H21NO3S/c1-4-11(2)14(3)18(16,17)10-13-7-5-6-12(8-13)9-15/h5-8,11,15H,4,9-10H2,1-3H3. The molecule has 18 heavy (non-hydrogen) atoms. The normalized spacial score (nSPS) is 13.8. The van der Waals surface area contributed by atoms with Crippen molar-refractivity contribution in [2.75, 3.05) is 7.05 Å². The van der Waals surface area contributed by atoms with Crippen molar-refractivity contribution in [3.8, 4) is 0 Å². The van der Waals surface area contributed by atoms with Crippen LogP contribution in [0.4, 0.5) is 0 Å². The van der Waals surface area contributed by atoms with E-state index in [0.29, 0.717) is 5.56 Å². The van der Waals surface area contributed by atoms with E-state index in [1.165, 1.54) is 4.31 Å². The summed E-state index contributed by atoms with van der Waals surface area (Å²) < 4.78 is 25.7. The van der Waals surface area contributed by atoms with E-state index < -0.39 is 10.0 Å². The molecule has 0 spiro atoms. The first-order valence-electron chi connectivity index (χ1n) is 6.05. The average Bonchev–Trinajstić information content (AvgIpc) is 2.36. The summed E-state index contributed by atoms with van der Waals surface area (Å²) in [6.07, 6.45) is 0.784. The third-order valence-electron chi connectivity index (χ3n) is 3.17. The average molecular weight is 271 g/mol. The van der Waals surface area contributed by atoms with Crippen LogP contribution in [-0.2, 0) is 22.4 Å². The molecule has 1 N–H and O–H groups in total. The van der Waals surface area contributed by atoms with Crippen LogP contribution >= 0.6 is 0 Å². The van der Waals surface area contributed by atoms with Gasteiger partial charge in [0.15, 0.2) is 0 Å². The smallest absolute Gasteiger partial charge is 0.218 e. The highest BCUT2D eigenvalue weighted by molar-refractivity contribution is 7.88. The SMILES string of the molecule is CCC(C)N(C)S(=O)(=O)Cc1cccc(CO)c1. The van der Waals surface area contributed by atoms with E-state index in [2.05, 4.69) is 0 Å². The highest BCUT2D eigenvalue weighted by atomic mass is 32.2. The molecular formula is C13H21NO3S. The van der Waals surface area contributed by atoms with Crippen LogP contribution in [0.1, 0.15) is 31.4 Å². The van der Waals surface area contributed by atoms with Crippen molar-refractivity contribution >= 4 is 10.0 Å². The largest absolute Gasteiger partial charge is 0.392 e. The van der Waals surface area contributed by atoms with Gasteiger partial charge in [-0.15, -0.1) is 0 Å². The van der Waals surface area contributed by atoms with Gasteiger partial charge in [0.1, 0.15) is 0 Å². The Morgan fingerprint density at radius 3 is 2.50 bits per heavy atom. The van der Waals surface area contributed by atoms with Crippen molar-refractivity contribution in [1.29, 1.82) is 0 Å². The van der Waals surface area contributed by atoms with E-state index in [1.807, 2.05) is 13.8 Å². The van der Waals surface area contributed by atoms with Crippen LogP contribution in [0.5, 0.6) is 0 Å². The monoisotopic (exact) mass is 271 g/mol. The van der Waals surface area contributed by atoms with E-state index >= 15 is 0 Å². The molecule has 0 bridgehead atoms. The molecule has 1 atom stereocenters. The zero-order chi connectivity index (χ0) is 13.8. The van der Waals surface area contributed by atoms with Crippen molar-refractivity contribution in [2.45, 2.75) is 38.7 Å². The highest BCUT2D eigenvalue weighted by Crippen LogP contribution is 2.14. The number of rotatable bonds is 6. The first kappa shape index (κ1) is 15.1. The third-order valence-corrected chi connectivity index (χ3v) is 5.11. The second-order valence-electron chi connectivity index (χ2n) is 4.51. The molecule has 1 rings (SSSR count). The number of aliphatic hydroxyl groups is 1. The fourth-order valence-electron chi connectivity index (χ4n) is 1.66. The molecule has 1 aromatic rings. The first-order valence-corrected chi connectivity index (χ1v) is 7.66. The number of aliphatic hydroxyl groups excluding tert-OH is 1. The van der Waals surface area contributed by atoms with Gasteiger partial charge in [0.2, 0.25) is 10.0 Å². The van der Waals surface area contributed by atoms with E-state index in [-0.39, 0.29) is 18.4 Å². The van der Waals surface area contributed by atoms with Crippen molar-refractivity contribution in [2.24, 2.45) is 0 Å². The summed E-state index contributed by atoms with van der Waals surface area (Å²) in [7, 11) is -1.69. The van der Waals surface area contributed by atoms with Gasteiger partial charge in [-0.3, -0.25) is 0 Å². The maximum absolute atomic E-state index is 12.2. The van der Waals surface area contributed by atoms with Crippen LogP contribution in [-0.4, -0.2) is 30.9 Å². The molecule has 0 aromatic heterocycles. The van der Waals surface area contributed by atoms with E-state index in [1.54, 1.807) is 31.3 Å². The molecule has 0 fully saturated rings. The van der Waals surface area contributed by atoms with Gasteiger partial charge in [0.05, 0.1) is 12.4 Å². The van der Waals surface area contributed by atoms with Crippen molar-refractivity contribution < 1.29 is 13.5 Å². The fraction of sp³-hybridized carbons (Fsp3) is 0.538. The van der Waals surface area contributed by atoms with Crippen molar-refractivity contribution in [3.05, 3.63) is 35.4 Å². The van der Waals surface area contributed by atoms with Crippen LogP contribution in [0, 0.1) is 0 Å². The van der Waals surface area contributed by atoms with Gasteiger partial charge in [-0.1, -0.05) is 31.2 Å². The Bertz CT molecular complexity index is 485. The Balaban J connectivity index is 2.88. The molecule has 0 saturated carbocycles. The van der Waals surface area contributed by atoms with Gasteiger partial charge in [0, 0.05) is 13.1 Å². The van der Waals surface area contributed by atoms with Gasteiger partial charge in [-0.25, -0.2) is 12.7 Å². The van der Waals surface area contributed by atoms with E-state index in [0.717, 1.165) is 12.0 Å². The number of hydrogen-bond acceptors (Lipinski definition) is 3. The van der Waals surface area contributed by atoms with Crippen molar-refractivity contribution in [3.63, 3.8) is 0 Å². The summed E-state index contributed by atoms with van der Waals surface area (Å²) in [5, 5.41) is 9.04. The second kappa shape index (κ2) is 6.31. The molecule has 0 heterocycles. The van der Waals surface area contributed by atoms with Gasteiger partial charge in [-0.2, -0.15) is 0 Å². The molecule has 102 valence electrons. The molecule has 0 amide bonds. The van der Waals surface area contributed by atoms with Gasteiger partial charge in [-0.05, 0) is 24.5 Å². The second-order valence-corrected chi connectivity index (χ2v) is 6.54. The highest BCUT2D eigenvalue weighted by Gasteiger charge is 2.22. The summed E-state index contributed by atoms with van der Waals surface area (Å²) in [5.74, 6) is -0.0261. The fourth-order valence-corrected chi connectivity index (χ4v) is 3.16. The zero-order valence-corrected chi connectivity index (χ0v) is 11.9. The Kier molecular flexibility index (Phi) is 5.31. The van der Waals surface area contributed by atoms with E-state index in [9.17, 15) is 8.42 Å². The number of nitrogens with zero attached hydrogens (tertiary/aromatic N) is 1. The predicted molar refractivity (Wildman–Crippen MR) is 72.5 cm³/mol. The lowest BCUT2D eigenvalue weighted by atomic mass is 10.1. The molecule has 0 radical (unpaired) electrons. The summed E-state index contributed by atoms with van der Waals surface area (Å²) in [5.41, 5.74) is 1.44. The Hall–Kier alpha value is -0.910. The molecule has 0 aliphatic carbocycles. The van der Waals surface area contributed by atoms with E-state index in [4.69, 9.17) is 5.11 Å². The Morgan fingerprint density at radius 1 is 1.33 bits per heavy atom. The summed E-state index contributed by atoms with van der Waals surface area (Å²) in [6, 6.07) is 7.02. The van der Waals surface area contributed by atoms with Crippen LogP contribution in [0.3, 0.4) is 0 Å². The lowest BCUT2D eigenvalue weighted by Gasteiger charge is -2.23. The maximum Gasteiger partial charge on any atom is 0.218 e. The number of sulfonamides is 1. The van der Waals surface area contributed by atoms with Crippen LogP contribution in [0.2, 0.25) is 0 Å². The van der Waals surface area contributed by atoms with Gasteiger partial charge in [0.25, 0.3) is 0 Å². The Labute approximate surface area is 109 Å². The summed E-state index contributed by atoms with van der Waals surface area (Å²) in [4.78, 5) is 0. The summed E-state index contributed by atoms with van der Waals surface area (Å²) in [6.45, 7) is 3.78. The molecule has 0 saturated heterocycles. The summed E-state index contributed by atoms with van der Waals surface area (Å²) >= 11 is 0. The van der Waals surface area contributed by atoms with Crippen LogP contribution in [0.25, 0.3) is 0 Å². The molecule has 5 heteroatoms. The minimum Gasteiger partial charge on any atom is -0.392 e. The minimum atomic E-state index is -3.30. The van der Waals surface area contributed by atoms with Gasteiger partial charge < -0.3 is 5.11 Å². The topological polar surface area (TPSA) is 57.6 Å². The Morgan fingerprint density at radius 2 is 1.94 bits per heavy atom. The molecule has 4 nitrogen and oxygen atoms in total. The van der Waals surface area contributed by atoms with Crippen LogP contribution < -0.4 is 0 Å². The molecule has 0 aliphatic heterocycles. The van der Waals surface area contributed by atoms with Gasteiger partial charge >= 0.3 is 0 Å². The number of benzene rings is 1.